The molecule has 4 nitrogen and oxygen atoms in total. The fourth-order valence-corrected chi connectivity index (χ4v) is 5.74. The number of benzene rings is 4. The largest absolute Gasteiger partial charge is 0.508 e. The molecule has 33 heavy (non-hydrogen) atoms. The van der Waals surface area contributed by atoms with Gasteiger partial charge in [0.2, 0.25) is 0 Å². The van der Waals surface area contributed by atoms with Gasteiger partial charge in [0.25, 0.3) is 5.91 Å². The summed E-state index contributed by atoms with van der Waals surface area (Å²) < 4.78 is 14.1. The molecule has 0 radical (unpaired) electrons. The van der Waals surface area contributed by atoms with Crippen molar-refractivity contribution in [3.8, 4) is 22.6 Å². The van der Waals surface area contributed by atoms with Crippen LogP contribution in [0.1, 0.15) is 40.9 Å². The molecular weight excluding hydrogens is 485 g/mol. The van der Waals surface area contributed by atoms with E-state index in [1.54, 1.807) is 30.3 Å². The third-order valence-electron chi connectivity index (χ3n) is 6.38. The van der Waals surface area contributed by atoms with Crippen molar-refractivity contribution in [3.63, 3.8) is 0 Å². The molecule has 0 unspecified atom stereocenters. The summed E-state index contributed by atoms with van der Waals surface area (Å²) in [4.78, 5) is 12.8. The number of phenols is 2. The number of hydrogen-bond donors (Lipinski definition) is 3. The number of carbonyl (C=O) groups excluding carboxylic acids is 1. The summed E-state index contributed by atoms with van der Waals surface area (Å²) >= 11 is 3.70. The molecule has 0 aromatic heterocycles. The highest BCUT2D eigenvalue weighted by atomic mass is 79.9. The molecule has 1 aliphatic rings. The zero-order valence-electron chi connectivity index (χ0n) is 18.0. The number of phenolic OH excluding ortho intramolecular Hbond substituents is 2. The van der Waals surface area contributed by atoms with Gasteiger partial charge in [-0.25, -0.2) is 4.39 Å². The Morgan fingerprint density at radius 2 is 1.73 bits per heavy atom. The SMILES string of the molecule is CC1(C)c2cc(O)c3cc(CF)ccc3c2-c2cc(NC(=O)c3ccc(O)cc3)cc(Br)c21. The average molecular weight is 506 g/mol. The van der Waals surface area contributed by atoms with Crippen LogP contribution in [-0.2, 0) is 12.1 Å². The lowest BCUT2D eigenvalue weighted by molar-refractivity contribution is 0.102. The summed E-state index contributed by atoms with van der Waals surface area (Å²) in [6.45, 7) is 3.59. The molecule has 0 atom stereocenters. The topological polar surface area (TPSA) is 69.6 Å². The average Bonchev–Trinajstić information content (AvgIpc) is 3.00. The summed E-state index contributed by atoms with van der Waals surface area (Å²) in [7, 11) is 0. The lowest BCUT2D eigenvalue weighted by atomic mass is 9.82. The van der Waals surface area contributed by atoms with E-state index in [1.165, 1.54) is 12.1 Å². The minimum atomic E-state index is -0.604. The summed E-state index contributed by atoms with van der Waals surface area (Å²) in [5.41, 5.74) is 5.10. The molecule has 0 saturated heterocycles. The first-order chi connectivity index (χ1) is 15.7. The molecular formula is C27H21BrFNO3. The molecule has 1 aliphatic carbocycles. The molecule has 0 fully saturated rings. The van der Waals surface area contributed by atoms with Gasteiger partial charge in [0.05, 0.1) is 0 Å². The Kier molecular flexibility index (Phi) is 4.94. The number of carbonyl (C=O) groups is 1. The van der Waals surface area contributed by atoms with Crippen LogP contribution >= 0.6 is 15.9 Å². The molecule has 0 spiro atoms. The van der Waals surface area contributed by atoms with Gasteiger partial charge in [-0.1, -0.05) is 41.9 Å². The maximum atomic E-state index is 13.3. The highest BCUT2D eigenvalue weighted by molar-refractivity contribution is 9.10. The van der Waals surface area contributed by atoms with Crippen molar-refractivity contribution in [1.82, 2.24) is 0 Å². The predicted molar refractivity (Wildman–Crippen MR) is 132 cm³/mol. The summed E-state index contributed by atoms with van der Waals surface area (Å²) in [6.07, 6.45) is 0. The molecule has 4 aromatic carbocycles. The van der Waals surface area contributed by atoms with Crippen LogP contribution in [-0.4, -0.2) is 16.1 Å². The first-order valence-electron chi connectivity index (χ1n) is 10.5. The van der Waals surface area contributed by atoms with Crippen molar-refractivity contribution in [2.24, 2.45) is 0 Å². The molecule has 0 aliphatic heterocycles. The standard InChI is InChI=1S/C27H21BrFNO3/c1-27(2)21-12-23(32)19-9-14(13-29)3-8-18(19)24(21)20-10-16(11-22(28)25(20)27)30-26(33)15-4-6-17(31)7-5-15/h3-12,31-32H,13H2,1-2H3,(H,30,33). The minimum Gasteiger partial charge on any atom is -0.508 e. The van der Waals surface area contributed by atoms with E-state index in [0.29, 0.717) is 22.2 Å². The van der Waals surface area contributed by atoms with E-state index in [2.05, 4.69) is 35.1 Å². The van der Waals surface area contributed by atoms with E-state index < -0.39 is 12.1 Å². The van der Waals surface area contributed by atoms with Gasteiger partial charge in [-0.3, -0.25) is 4.79 Å². The molecule has 166 valence electrons. The second kappa shape index (κ2) is 7.59. The van der Waals surface area contributed by atoms with Crippen LogP contribution < -0.4 is 5.32 Å². The lowest BCUT2D eigenvalue weighted by Crippen LogP contribution is -2.16. The molecule has 0 heterocycles. The summed E-state index contributed by atoms with van der Waals surface area (Å²) in [5.74, 6) is -0.0731. The second-order valence-electron chi connectivity index (χ2n) is 8.84. The maximum absolute atomic E-state index is 13.3. The van der Waals surface area contributed by atoms with Gasteiger partial charge in [0.1, 0.15) is 18.2 Å². The van der Waals surface area contributed by atoms with Crippen molar-refractivity contribution < 1.29 is 19.4 Å². The van der Waals surface area contributed by atoms with E-state index in [9.17, 15) is 19.4 Å². The van der Waals surface area contributed by atoms with Crippen LogP contribution in [0.5, 0.6) is 11.5 Å². The van der Waals surface area contributed by atoms with Gasteiger partial charge >= 0.3 is 0 Å². The Hall–Kier alpha value is -3.38. The molecule has 0 bridgehead atoms. The number of hydrogen-bond acceptors (Lipinski definition) is 3. The number of halogens is 2. The van der Waals surface area contributed by atoms with Crippen LogP contribution in [0.15, 0.2) is 65.1 Å². The Morgan fingerprint density at radius 3 is 2.42 bits per heavy atom. The summed E-state index contributed by atoms with van der Waals surface area (Å²) in [6, 6.07) is 16.9. The molecule has 5 rings (SSSR count). The van der Waals surface area contributed by atoms with E-state index in [1.807, 2.05) is 18.2 Å². The number of nitrogens with one attached hydrogen (secondary N) is 1. The van der Waals surface area contributed by atoms with Gasteiger partial charge in [-0.05, 0) is 81.7 Å². The second-order valence-corrected chi connectivity index (χ2v) is 9.69. The molecule has 4 aromatic rings. The molecule has 0 saturated carbocycles. The van der Waals surface area contributed by atoms with Gasteiger partial charge in [0.15, 0.2) is 0 Å². The van der Waals surface area contributed by atoms with Gasteiger partial charge < -0.3 is 15.5 Å². The monoisotopic (exact) mass is 505 g/mol. The van der Waals surface area contributed by atoms with Gasteiger partial charge in [-0.15, -0.1) is 0 Å². The van der Waals surface area contributed by atoms with Crippen LogP contribution in [0.4, 0.5) is 10.1 Å². The normalized spacial score (nSPS) is 13.6. The van der Waals surface area contributed by atoms with Crippen LogP contribution in [0.25, 0.3) is 21.9 Å². The Balaban J connectivity index is 1.68. The smallest absolute Gasteiger partial charge is 0.255 e. The van der Waals surface area contributed by atoms with E-state index in [4.69, 9.17) is 0 Å². The van der Waals surface area contributed by atoms with Crippen LogP contribution in [0, 0.1) is 0 Å². The Labute approximate surface area is 198 Å². The molecule has 1 amide bonds. The first-order valence-corrected chi connectivity index (χ1v) is 11.3. The first kappa shape index (κ1) is 21.5. The van der Waals surface area contributed by atoms with E-state index >= 15 is 0 Å². The number of alkyl halides is 1. The lowest BCUT2D eigenvalue weighted by Gasteiger charge is -2.23. The van der Waals surface area contributed by atoms with Crippen molar-refractivity contribution in [1.29, 1.82) is 0 Å². The Bertz CT molecular complexity index is 1440. The van der Waals surface area contributed by atoms with Gasteiger partial charge in [0, 0.05) is 26.5 Å². The van der Waals surface area contributed by atoms with Crippen LogP contribution in [0.3, 0.4) is 0 Å². The third-order valence-corrected chi connectivity index (χ3v) is 7.00. The maximum Gasteiger partial charge on any atom is 0.255 e. The van der Waals surface area contributed by atoms with E-state index in [-0.39, 0.29) is 17.4 Å². The number of amides is 1. The Morgan fingerprint density at radius 1 is 1.00 bits per heavy atom. The van der Waals surface area contributed by atoms with E-state index in [0.717, 1.165) is 32.1 Å². The highest BCUT2D eigenvalue weighted by Gasteiger charge is 2.39. The molecule has 3 N–H and O–H groups in total. The van der Waals surface area contributed by atoms with Crippen molar-refractivity contribution in [2.75, 3.05) is 5.32 Å². The fraction of sp³-hybridized carbons (Fsp3) is 0.148. The quantitative estimate of drug-likeness (QED) is 0.279. The van der Waals surface area contributed by atoms with Crippen LogP contribution in [0.2, 0.25) is 0 Å². The molecule has 6 heteroatoms. The number of aromatic hydroxyl groups is 2. The zero-order valence-corrected chi connectivity index (χ0v) is 19.6. The van der Waals surface area contributed by atoms with Crippen molar-refractivity contribution in [2.45, 2.75) is 25.9 Å². The number of anilines is 1. The zero-order chi connectivity index (χ0) is 23.5. The fourth-order valence-electron chi connectivity index (χ4n) is 4.78. The van der Waals surface area contributed by atoms with Crippen molar-refractivity contribution in [3.05, 3.63) is 87.4 Å². The third kappa shape index (κ3) is 3.37. The van der Waals surface area contributed by atoms with Gasteiger partial charge in [-0.2, -0.15) is 0 Å². The predicted octanol–water partition coefficient (Wildman–Crippen LogP) is 7.04. The highest BCUT2D eigenvalue weighted by Crippen LogP contribution is 2.55. The number of fused-ring (bicyclic) bond motifs is 5. The number of rotatable bonds is 3. The summed E-state index contributed by atoms with van der Waals surface area (Å²) in [5, 5.41) is 24.6. The minimum absolute atomic E-state index is 0.0942. The van der Waals surface area contributed by atoms with Crippen molar-refractivity contribution >= 4 is 38.3 Å².